The summed E-state index contributed by atoms with van der Waals surface area (Å²) < 4.78 is 3.54. The van der Waals surface area contributed by atoms with E-state index in [1.165, 1.54) is 0 Å². The molecule has 0 aromatic carbocycles. The Labute approximate surface area is 59.0 Å². The highest BCUT2D eigenvalue weighted by molar-refractivity contribution is 5.57. The van der Waals surface area contributed by atoms with Gasteiger partial charge in [0.15, 0.2) is 12.7 Å². The Morgan fingerprint density at radius 3 is 2.50 bits per heavy atom. The highest BCUT2D eigenvalue weighted by Crippen LogP contribution is 1.70. The minimum Gasteiger partial charge on any atom is -0.272 e. The monoisotopic (exact) mass is 140 g/mol. The van der Waals surface area contributed by atoms with Crippen molar-refractivity contribution >= 4 is 6.34 Å². The van der Waals surface area contributed by atoms with Gasteiger partial charge in [0.25, 0.3) is 6.34 Å². The van der Waals surface area contributed by atoms with Crippen molar-refractivity contribution in [2.24, 2.45) is 0 Å². The number of nitrogens with one attached hydrogen (secondary N) is 1. The van der Waals surface area contributed by atoms with E-state index in [0.29, 0.717) is 0 Å². The number of hydrogen-bond acceptors (Lipinski definition) is 2. The lowest BCUT2D eigenvalue weighted by Crippen LogP contribution is -2.16. The van der Waals surface area contributed by atoms with Crippen LogP contribution in [0.2, 0.25) is 0 Å². The number of hydrogen-bond donors (Lipinski definition) is 1. The predicted molar refractivity (Wildman–Crippen MR) is 37.6 cm³/mol. The van der Waals surface area contributed by atoms with Crippen LogP contribution in [0.1, 0.15) is 0 Å². The van der Waals surface area contributed by atoms with Crippen molar-refractivity contribution in [3.05, 3.63) is 12.7 Å². The summed E-state index contributed by atoms with van der Waals surface area (Å²) in [5.41, 5.74) is 2.92. The Bertz CT molecular complexity index is 208. The molecule has 0 atom stereocenters. The third-order valence-corrected chi connectivity index (χ3v) is 0.884. The van der Waals surface area contributed by atoms with Crippen molar-refractivity contribution in [1.29, 1.82) is 0 Å². The molecule has 0 unspecified atom stereocenters. The Morgan fingerprint density at radius 1 is 1.40 bits per heavy atom. The van der Waals surface area contributed by atoms with E-state index in [4.69, 9.17) is 0 Å². The van der Waals surface area contributed by atoms with Gasteiger partial charge in [0.05, 0.1) is 14.1 Å². The summed E-state index contributed by atoms with van der Waals surface area (Å²) in [6, 6.07) is 0. The molecule has 1 aromatic heterocycles. The van der Waals surface area contributed by atoms with Crippen LogP contribution >= 0.6 is 0 Å². The van der Waals surface area contributed by atoms with Gasteiger partial charge in [0, 0.05) is 0 Å². The van der Waals surface area contributed by atoms with Gasteiger partial charge in [-0.1, -0.05) is 0 Å². The molecule has 0 aliphatic heterocycles. The second-order valence-corrected chi connectivity index (χ2v) is 2.09. The van der Waals surface area contributed by atoms with Crippen molar-refractivity contribution in [3.8, 4) is 0 Å². The minimum absolute atomic E-state index is 1.58. The molecular formula is C5H10N5+. The fourth-order valence-electron chi connectivity index (χ4n) is 0.450. The number of nitrogens with zero attached hydrogens (tertiary/aromatic N) is 4. The molecule has 5 nitrogen and oxygen atoms in total. The smallest absolute Gasteiger partial charge is 0.255 e. The van der Waals surface area contributed by atoms with Crippen LogP contribution in [0.4, 0.5) is 0 Å². The SMILES string of the molecule is C[N+](C)=CNn1cnnc1. The van der Waals surface area contributed by atoms with Gasteiger partial charge in [0.2, 0.25) is 0 Å². The Balaban J connectivity index is 2.49. The molecule has 0 saturated carbocycles. The zero-order valence-corrected chi connectivity index (χ0v) is 6.02. The third kappa shape index (κ3) is 1.85. The molecular weight excluding hydrogens is 130 g/mol. The fraction of sp³-hybridized carbons (Fsp3) is 0.400. The van der Waals surface area contributed by atoms with E-state index >= 15 is 0 Å². The molecule has 1 N–H and O–H groups in total. The largest absolute Gasteiger partial charge is 0.272 e. The Kier molecular flexibility index (Phi) is 1.99. The van der Waals surface area contributed by atoms with Crippen LogP contribution < -0.4 is 5.43 Å². The Hall–Kier alpha value is -1.39. The maximum Gasteiger partial charge on any atom is 0.255 e. The number of aromatic nitrogens is 3. The third-order valence-electron chi connectivity index (χ3n) is 0.884. The molecule has 54 valence electrons. The Morgan fingerprint density at radius 2 is 2.00 bits per heavy atom. The van der Waals surface area contributed by atoms with Crippen LogP contribution in [0.15, 0.2) is 12.7 Å². The summed E-state index contributed by atoms with van der Waals surface area (Å²) in [6.45, 7) is 0. The van der Waals surface area contributed by atoms with E-state index in [0.717, 1.165) is 0 Å². The summed E-state index contributed by atoms with van der Waals surface area (Å²) >= 11 is 0. The summed E-state index contributed by atoms with van der Waals surface area (Å²) in [5.74, 6) is 0. The van der Waals surface area contributed by atoms with Crippen molar-refractivity contribution in [1.82, 2.24) is 14.9 Å². The molecule has 0 bridgehead atoms. The topological polar surface area (TPSA) is 45.8 Å². The van der Waals surface area contributed by atoms with Gasteiger partial charge in [-0.3, -0.25) is 4.58 Å². The van der Waals surface area contributed by atoms with E-state index < -0.39 is 0 Å². The van der Waals surface area contributed by atoms with Crippen LogP contribution in [0, 0.1) is 0 Å². The van der Waals surface area contributed by atoms with Gasteiger partial charge in [-0.15, -0.1) is 10.2 Å². The van der Waals surface area contributed by atoms with Gasteiger partial charge >= 0.3 is 0 Å². The van der Waals surface area contributed by atoms with Crippen LogP contribution in [0.5, 0.6) is 0 Å². The molecule has 10 heavy (non-hydrogen) atoms. The van der Waals surface area contributed by atoms with Crippen LogP contribution in [-0.4, -0.2) is 39.9 Å². The second kappa shape index (κ2) is 2.95. The van der Waals surface area contributed by atoms with E-state index in [1.807, 2.05) is 18.7 Å². The van der Waals surface area contributed by atoms with Gasteiger partial charge in [-0.25, -0.2) is 0 Å². The van der Waals surface area contributed by atoms with Gasteiger partial charge in [0.1, 0.15) is 0 Å². The van der Waals surface area contributed by atoms with Crippen molar-refractivity contribution in [2.75, 3.05) is 19.5 Å². The highest BCUT2D eigenvalue weighted by atomic mass is 15.5. The molecule has 5 heteroatoms. The lowest BCUT2D eigenvalue weighted by Gasteiger charge is -1.90. The molecule has 0 spiro atoms. The molecule has 1 rings (SSSR count). The molecule has 0 aliphatic rings. The first-order chi connectivity index (χ1) is 4.79. The molecule has 1 heterocycles. The average Bonchev–Trinajstić information content (AvgIpc) is 2.34. The zero-order chi connectivity index (χ0) is 7.40. The summed E-state index contributed by atoms with van der Waals surface area (Å²) in [7, 11) is 3.86. The maximum absolute atomic E-state index is 3.61. The van der Waals surface area contributed by atoms with Crippen molar-refractivity contribution in [3.63, 3.8) is 0 Å². The van der Waals surface area contributed by atoms with Gasteiger partial charge in [-0.2, -0.15) is 10.1 Å². The summed E-state index contributed by atoms with van der Waals surface area (Å²) in [4.78, 5) is 0. The maximum atomic E-state index is 3.61. The van der Waals surface area contributed by atoms with E-state index in [9.17, 15) is 0 Å². The van der Waals surface area contributed by atoms with Crippen molar-refractivity contribution in [2.45, 2.75) is 0 Å². The summed E-state index contributed by atoms with van der Waals surface area (Å²) in [5, 5.41) is 7.22. The molecule has 1 aromatic rings. The average molecular weight is 140 g/mol. The predicted octanol–water partition coefficient (Wildman–Crippen LogP) is -0.878. The molecule has 0 radical (unpaired) electrons. The lowest BCUT2D eigenvalue weighted by atomic mass is 11.0. The first kappa shape index (κ1) is 6.73. The first-order valence-corrected chi connectivity index (χ1v) is 2.90. The standard InChI is InChI=1S/C5H9N5/c1-9(2)5-8-10-3-6-7-4-10/h3-5H,1-2H3/p+1. The second-order valence-electron chi connectivity index (χ2n) is 2.09. The first-order valence-electron chi connectivity index (χ1n) is 2.90. The number of rotatable bonds is 2. The van der Waals surface area contributed by atoms with Crippen LogP contribution in [0.3, 0.4) is 0 Å². The van der Waals surface area contributed by atoms with E-state index in [1.54, 1.807) is 23.7 Å². The molecule has 0 aliphatic carbocycles. The fourth-order valence-corrected chi connectivity index (χ4v) is 0.450. The van der Waals surface area contributed by atoms with Crippen LogP contribution in [-0.2, 0) is 0 Å². The minimum atomic E-state index is 1.58. The molecule has 0 saturated heterocycles. The lowest BCUT2D eigenvalue weighted by molar-refractivity contribution is -0.459. The zero-order valence-electron chi connectivity index (χ0n) is 6.02. The van der Waals surface area contributed by atoms with Crippen molar-refractivity contribution < 1.29 is 4.58 Å². The van der Waals surface area contributed by atoms with Crippen LogP contribution in [0.25, 0.3) is 0 Å². The normalized spacial score (nSPS) is 9.00. The van der Waals surface area contributed by atoms with Gasteiger partial charge < -0.3 is 0 Å². The highest BCUT2D eigenvalue weighted by Gasteiger charge is 1.87. The molecule has 0 fully saturated rings. The molecule has 0 amide bonds. The van der Waals surface area contributed by atoms with E-state index in [-0.39, 0.29) is 0 Å². The van der Waals surface area contributed by atoms with Gasteiger partial charge in [-0.05, 0) is 0 Å². The summed E-state index contributed by atoms with van der Waals surface area (Å²) in [6.07, 6.45) is 4.96. The van der Waals surface area contributed by atoms with E-state index in [2.05, 4.69) is 15.6 Å². The quantitative estimate of drug-likeness (QED) is 0.330.